The highest BCUT2D eigenvalue weighted by Gasteiger charge is 2.09. The quantitative estimate of drug-likeness (QED) is 0.849. The molecule has 4 heteroatoms. The number of halogens is 2. The second kappa shape index (κ2) is 5.95. The van der Waals surface area contributed by atoms with Gasteiger partial charge in [-0.1, -0.05) is 12.1 Å². The summed E-state index contributed by atoms with van der Waals surface area (Å²) in [5.41, 5.74) is 0.940. The van der Waals surface area contributed by atoms with Crippen molar-refractivity contribution < 1.29 is 4.39 Å². The van der Waals surface area contributed by atoms with Gasteiger partial charge in [0, 0.05) is 22.3 Å². The molecule has 0 saturated heterocycles. The smallest absolute Gasteiger partial charge is 0.137 e. The zero-order chi connectivity index (χ0) is 13.1. The number of benzene rings is 1. The summed E-state index contributed by atoms with van der Waals surface area (Å²) in [7, 11) is 0. The molecule has 0 bridgehead atoms. The highest BCUT2D eigenvalue weighted by molar-refractivity contribution is 9.10. The van der Waals surface area contributed by atoms with E-state index in [-0.39, 0.29) is 11.9 Å². The van der Waals surface area contributed by atoms with E-state index in [0.29, 0.717) is 11.0 Å². The molecule has 1 aromatic heterocycles. The van der Waals surface area contributed by atoms with Crippen LogP contribution in [0, 0.1) is 12.7 Å². The van der Waals surface area contributed by atoms with Gasteiger partial charge in [-0.2, -0.15) is 0 Å². The van der Waals surface area contributed by atoms with E-state index in [0.717, 1.165) is 5.56 Å². The monoisotopic (exact) mass is 327 g/mol. The lowest BCUT2D eigenvalue weighted by Crippen LogP contribution is -2.17. The van der Waals surface area contributed by atoms with Crippen LogP contribution in [0.15, 0.2) is 34.8 Å². The summed E-state index contributed by atoms with van der Waals surface area (Å²) in [6, 6.07) is 9.65. The average Bonchev–Trinajstić information content (AvgIpc) is 2.77. The summed E-state index contributed by atoms with van der Waals surface area (Å²) in [6.07, 6.45) is 0. The standard InChI is InChI=1S/C14H15BrFNS/c1-9-6-7-13(18-9)10(2)17-8-11-4-3-5-12(16)14(11)15/h3-7,10,17H,8H2,1-2H3. The lowest BCUT2D eigenvalue weighted by Gasteiger charge is -2.13. The van der Waals surface area contributed by atoms with E-state index in [2.05, 4.69) is 47.2 Å². The van der Waals surface area contributed by atoms with Crippen molar-refractivity contribution in [3.8, 4) is 0 Å². The number of nitrogens with one attached hydrogen (secondary N) is 1. The molecule has 2 aromatic rings. The molecule has 0 saturated carbocycles. The molecule has 0 radical (unpaired) electrons. The van der Waals surface area contributed by atoms with Crippen LogP contribution in [0.4, 0.5) is 4.39 Å². The minimum Gasteiger partial charge on any atom is -0.305 e. The Morgan fingerprint density at radius 2 is 2.11 bits per heavy atom. The van der Waals surface area contributed by atoms with Crippen molar-refractivity contribution in [1.29, 1.82) is 0 Å². The Balaban J connectivity index is 2.01. The van der Waals surface area contributed by atoms with Crippen molar-refractivity contribution in [2.24, 2.45) is 0 Å². The third-order valence-electron chi connectivity index (χ3n) is 2.82. The SMILES string of the molecule is Cc1ccc(C(C)NCc2cccc(F)c2Br)s1. The molecule has 96 valence electrons. The van der Waals surface area contributed by atoms with Crippen LogP contribution in [0.1, 0.15) is 28.3 Å². The summed E-state index contributed by atoms with van der Waals surface area (Å²) in [5, 5.41) is 3.41. The molecular formula is C14H15BrFNS. The molecular weight excluding hydrogens is 313 g/mol. The second-order valence-corrected chi connectivity index (χ2v) is 6.38. The number of aryl methyl sites for hydroxylation is 1. The molecule has 2 rings (SSSR count). The summed E-state index contributed by atoms with van der Waals surface area (Å²) >= 11 is 5.07. The van der Waals surface area contributed by atoms with E-state index in [4.69, 9.17) is 0 Å². The van der Waals surface area contributed by atoms with Gasteiger partial charge in [0.05, 0.1) is 4.47 Å². The van der Waals surface area contributed by atoms with Crippen molar-refractivity contribution in [3.05, 3.63) is 55.9 Å². The Labute approximate surface area is 119 Å². The fourth-order valence-electron chi connectivity index (χ4n) is 1.73. The first-order valence-corrected chi connectivity index (χ1v) is 7.41. The van der Waals surface area contributed by atoms with E-state index >= 15 is 0 Å². The van der Waals surface area contributed by atoms with Crippen LogP contribution < -0.4 is 5.32 Å². The van der Waals surface area contributed by atoms with Gasteiger partial charge in [-0.25, -0.2) is 4.39 Å². The summed E-state index contributed by atoms with van der Waals surface area (Å²) in [5.74, 6) is -0.214. The van der Waals surface area contributed by atoms with Gasteiger partial charge in [0.1, 0.15) is 5.82 Å². The fourth-order valence-corrected chi connectivity index (χ4v) is 3.04. The van der Waals surface area contributed by atoms with Crippen molar-refractivity contribution in [2.75, 3.05) is 0 Å². The first-order chi connectivity index (χ1) is 8.58. The highest BCUT2D eigenvalue weighted by atomic mass is 79.9. The van der Waals surface area contributed by atoms with E-state index in [1.165, 1.54) is 15.8 Å². The topological polar surface area (TPSA) is 12.0 Å². The Morgan fingerprint density at radius 1 is 1.33 bits per heavy atom. The first-order valence-electron chi connectivity index (χ1n) is 5.80. The second-order valence-electron chi connectivity index (χ2n) is 4.26. The largest absolute Gasteiger partial charge is 0.305 e. The van der Waals surface area contributed by atoms with Crippen LogP contribution in [0.5, 0.6) is 0 Å². The van der Waals surface area contributed by atoms with Gasteiger partial charge < -0.3 is 5.32 Å². The third-order valence-corrected chi connectivity index (χ3v) is 4.89. The molecule has 1 atom stereocenters. The lowest BCUT2D eigenvalue weighted by molar-refractivity contribution is 0.573. The number of rotatable bonds is 4. The van der Waals surface area contributed by atoms with Gasteiger partial charge >= 0.3 is 0 Å². The summed E-state index contributed by atoms with van der Waals surface area (Å²) in [6.45, 7) is 4.87. The van der Waals surface area contributed by atoms with Gasteiger partial charge in [-0.05, 0) is 53.5 Å². The van der Waals surface area contributed by atoms with Crippen LogP contribution in [0.2, 0.25) is 0 Å². The van der Waals surface area contributed by atoms with Crippen LogP contribution in [-0.4, -0.2) is 0 Å². The summed E-state index contributed by atoms with van der Waals surface area (Å²) in [4.78, 5) is 2.62. The number of hydrogen-bond acceptors (Lipinski definition) is 2. The fraction of sp³-hybridized carbons (Fsp3) is 0.286. The van der Waals surface area contributed by atoms with Crippen molar-refractivity contribution in [3.63, 3.8) is 0 Å². The van der Waals surface area contributed by atoms with E-state index in [1.54, 1.807) is 17.4 Å². The Hall–Kier alpha value is -0.710. The lowest BCUT2D eigenvalue weighted by atomic mass is 10.2. The van der Waals surface area contributed by atoms with Gasteiger partial charge in [0.15, 0.2) is 0 Å². The average molecular weight is 328 g/mol. The zero-order valence-corrected chi connectivity index (χ0v) is 12.7. The Kier molecular flexibility index (Phi) is 4.54. The first kappa shape index (κ1) is 13.7. The molecule has 1 N–H and O–H groups in total. The van der Waals surface area contributed by atoms with Crippen LogP contribution in [-0.2, 0) is 6.54 Å². The van der Waals surface area contributed by atoms with Crippen molar-refractivity contribution in [1.82, 2.24) is 5.32 Å². The molecule has 0 aliphatic rings. The maximum Gasteiger partial charge on any atom is 0.137 e. The molecule has 0 amide bonds. The summed E-state index contributed by atoms with van der Waals surface area (Å²) < 4.78 is 13.9. The molecule has 1 heterocycles. The van der Waals surface area contributed by atoms with Gasteiger partial charge in [-0.15, -0.1) is 11.3 Å². The third kappa shape index (κ3) is 3.19. The molecule has 0 spiro atoms. The van der Waals surface area contributed by atoms with Crippen LogP contribution in [0.25, 0.3) is 0 Å². The normalized spacial score (nSPS) is 12.7. The predicted octanol–water partition coefficient (Wildman–Crippen LogP) is 4.81. The highest BCUT2D eigenvalue weighted by Crippen LogP contribution is 2.24. The predicted molar refractivity (Wildman–Crippen MR) is 78.4 cm³/mol. The molecule has 0 aliphatic carbocycles. The van der Waals surface area contributed by atoms with Crippen molar-refractivity contribution >= 4 is 27.3 Å². The van der Waals surface area contributed by atoms with Gasteiger partial charge in [-0.3, -0.25) is 0 Å². The Bertz CT molecular complexity index is 538. The number of hydrogen-bond donors (Lipinski definition) is 1. The van der Waals surface area contributed by atoms with E-state index < -0.39 is 0 Å². The minimum absolute atomic E-state index is 0.214. The molecule has 1 aromatic carbocycles. The molecule has 0 fully saturated rings. The van der Waals surface area contributed by atoms with E-state index in [9.17, 15) is 4.39 Å². The maximum absolute atomic E-state index is 13.4. The zero-order valence-electron chi connectivity index (χ0n) is 10.3. The van der Waals surface area contributed by atoms with Gasteiger partial charge in [0.2, 0.25) is 0 Å². The molecule has 0 aliphatic heterocycles. The maximum atomic E-state index is 13.4. The van der Waals surface area contributed by atoms with E-state index in [1.807, 2.05) is 6.07 Å². The molecule has 1 unspecified atom stereocenters. The van der Waals surface area contributed by atoms with Crippen LogP contribution in [0.3, 0.4) is 0 Å². The van der Waals surface area contributed by atoms with Crippen molar-refractivity contribution in [2.45, 2.75) is 26.4 Å². The van der Waals surface area contributed by atoms with Gasteiger partial charge in [0.25, 0.3) is 0 Å². The molecule has 18 heavy (non-hydrogen) atoms. The molecule has 1 nitrogen and oxygen atoms in total. The number of thiophene rings is 1. The van der Waals surface area contributed by atoms with Crippen LogP contribution >= 0.6 is 27.3 Å². The minimum atomic E-state index is -0.214. The Morgan fingerprint density at radius 3 is 2.78 bits per heavy atom.